The molecule has 0 spiro atoms. The fraction of sp³-hybridized carbons (Fsp3) is 0.103. The Morgan fingerprint density at radius 1 is 0.508 bits per heavy atom. The fourth-order valence-corrected chi connectivity index (χ4v) is 10.6. The zero-order chi connectivity index (χ0) is 41.8. The number of fused-ring (bicyclic) bond motifs is 14. The highest BCUT2D eigenvalue weighted by atomic mass is 16.5. The molecule has 3 aliphatic rings. The van der Waals surface area contributed by atoms with E-state index in [1.165, 1.54) is 27.3 Å². The average molecular weight is 815 g/mol. The van der Waals surface area contributed by atoms with Gasteiger partial charge in [0.25, 0.3) is 0 Å². The third-order valence-corrected chi connectivity index (χ3v) is 13.7. The molecule has 0 N–H and O–H groups in total. The second-order valence-electron chi connectivity index (χ2n) is 17.4. The summed E-state index contributed by atoms with van der Waals surface area (Å²) < 4.78 is 20.2. The number of ether oxygens (including phenoxy) is 1. The van der Waals surface area contributed by atoms with E-state index in [4.69, 9.17) is 13.6 Å². The molecule has 5 heteroatoms. The van der Waals surface area contributed by atoms with E-state index in [0.717, 1.165) is 90.4 Å². The summed E-state index contributed by atoms with van der Waals surface area (Å²) in [6.07, 6.45) is 12.1. The lowest BCUT2D eigenvalue weighted by Crippen LogP contribution is -2.35. The van der Waals surface area contributed by atoms with Crippen LogP contribution in [-0.2, 0) is 5.41 Å². The van der Waals surface area contributed by atoms with Crippen LogP contribution >= 0.6 is 0 Å². The minimum absolute atomic E-state index is 0.241. The maximum Gasteiger partial charge on any atom is 0.137 e. The molecule has 1 aliphatic heterocycles. The van der Waals surface area contributed by atoms with Crippen LogP contribution in [0.4, 0.5) is 28.4 Å². The lowest BCUT2D eigenvalue weighted by molar-refractivity contribution is 0.229. The van der Waals surface area contributed by atoms with E-state index >= 15 is 0 Å². The summed E-state index contributed by atoms with van der Waals surface area (Å²) in [7, 11) is 0. The quantitative estimate of drug-likeness (QED) is 0.156. The predicted octanol–water partition coefficient (Wildman–Crippen LogP) is 15.9. The van der Waals surface area contributed by atoms with Crippen molar-refractivity contribution in [3.63, 3.8) is 0 Å². The van der Waals surface area contributed by atoms with Gasteiger partial charge >= 0.3 is 0 Å². The largest absolute Gasteiger partial charge is 0.484 e. The molecule has 0 radical (unpaired) electrons. The van der Waals surface area contributed by atoms with Crippen LogP contribution in [0.5, 0.6) is 5.75 Å². The first-order chi connectivity index (χ1) is 31.0. The first-order valence-corrected chi connectivity index (χ1v) is 21.9. The van der Waals surface area contributed by atoms with E-state index in [1.807, 2.05) is 12.1 Å². The first-order valence-electron chi connectivity index (χ1n) is 21.9. The predicted molar refractivity (Wildman–Crippen MR) is 259 cm³/mol. The van der Waals surface area contributed by atoms with Gasteiger partial charge in [0.1, 0.15) is 34.4 Å². The highest BCUT2D eigenvalue weighted by Crippen LogP contribution is 2.55. The lowest BCUT2D eigenvalue weighted by atomic mass is 9.73. The topological polar surface area (TPSA) is 42.0 Å². The maximum absolute atomic E-state index is 7.26. The van der Waals surface area contributed by atoms with Gasteiger partial charge in [-0.2, -0.15) is 0 Å². The molecule has 0 saturated heterocycles. The van der Waals surface area contributed by atoms with E-state index in [9.17, 15) is 0 Å². The first kappa shape index (κ1) is 35.9. The molecule has 3 heterocycles. The average Bonchev–Trinajstić information content (AvgIpc) is 3.99. The number of allylic oxidation sites excluding steroid dienone is 2. The minimum Gasteiger partial charge on any atom is -0.484 e. The number of rotatable bonds is 6. The van der Waals surface area contributed by atoms with Crippen LogP contribution in [0, 0.1) is 0 Å². The van der Waals surface area contributed by atoms with Gasteiger partial charge in [0.05, 0.1) is 5.41 Å². The van der Waals surface area contributed by atoms with Gasteiger partial charge in [-0.05, 0) is 126 Å². The van der Waals surface area contributed by atoms with E-state index in [0.29, 0.717) is 5.92 Å². The van der Waals surface area contributed by atoms with E-state index < -0.39 is 5.41 Å². The number of benzene rings is 8. The van der Waals surface area contributed by atoms with Crippen molar-refractivity contribution in [2.75, 3.05) is 9.80 Å². The number of hydrogen-bond acceptors (Lipinski definition) is 5. The Hall–Kier alpha value is -7.76. The van der Waals surface area contributed by atoms with Gasteiger partial charge in [0.2, 0.25) is 0 Å². The van der Waals surface area contributed by atoms with Crippen LogP contribution in [0.1, 0.15) is 43.1 Å². The van der Waals surface area contributed by atoms with Crippen molar-refractivity contribution >= 4 is 89.0 Å². The molecule has 0 bridgehead atoms. The molecule has 0 fully saturated rings. The molecule has 8 aromatic carbocycles. The number of anilines is 5. The Labute approximate surface area is 365 Å². The third kappa shape index (κ3) is 5.42. The van der Waals surface area contributed by atoms with Crippen LogP contribution in [0.2, 0.25) is 0 Å². The molecular formula is C58H42N2O3. The normalized spacial score (nSPS) is 18.7. The van der Waals surface area contributed by atoms with Crippen LogP contribution < -0.4 is 14.5 Å². The van der Waals surface area contributed by atoms with E-state index in [-0.39, 0.29) is 6.10 Å². The number of para-hydroxylation sites is 3. The van der Waals surface area contributed by atoms with Crippen LogP contribution in [-0.4, -0.2) is 6.10 Å². The summed E-state index contributed by atoms with van der Waals surface area (Å²) in [5, 5.41) is 8.07. The molecule has 10 aromatic rings. The van der Waals surface area contributed by atoms with Crippen molar-refractivity contribution in [3.8, 4) is 5.75 Å². The summed E-state index contributed by atoms with van der Waals surface area (Å²) in [5.74, 6) is 2.33. The van der Waals surface area contributed by atoms with Gasteiger partial charge < -0.3 is 23.4 Å². The molecule has 3 unspecified atom stereocenters. The smallest absolute Gasteiger partial charge is 0.137 e. The molecule has 0 amide bonds. The third-order valence-electron chi connectivity index (χ3n) is 13.7. The van der Waals surface area contributed by atoms with Crippen LogP contribution in [0.25, 0.3) is 60.5 Å². The van der Waals surface area contributed by atoms with E-state index in [2.05, 4.69) is 206 Å². The Balaban J connectivity index is 0.936. The molecule has 2 aliphatic carbocycles. The molecule has 63 heavy (non-hydrogen) atoms. The Morgan fingerprint density at radius 2 is 1.11 bits per heavy atom. The lowest BCUT2D eigenvalue weighted by Gasteiger charge is -2.34. The molecule has 2 aromatic heterocycles. The Kier molecular flexibility index (Phi) is 7.77. The van der Waals surface area contributed by atoms with Crippen LogP contribution in [0.3, 0.4) is 0 Å². The van der Waals surface area contributed by atoms with Crippen molar-refractivity contribution in [2.24, 2.45) is 0 Å². The highest BCUT2D eigenvalue weighted by molar-refractivity contribution is 6.15. The molecular weight excluding hydrogens is 773 g/mol. The molecule has 5 nitrogen and oxygen atoms in total. The van der Waals surface area contributed by atoms with Gasteiger partial charge in [-0.1, -0.05) is 97.9 Å². The second kappa shape index (κ2) is 13.6. The summed E-state index contributed by atoms with van der Waals surface area (Å²) >= 11 is 0. The standard InChI is InChI=1S/C58H42N2O3/c1-36-14-13-23-51-55(36)48-29-26-41(34-53(48)62-51)60(38-17-7-4-8-18-38)42-30-31-58(2)54(35-42)63-57-47-28-25-39(32-49(47)43-19-9-10-21-46(43)56(57)58)59(37-15-5-3-6-16-37)40-24-27-45-44-20-11-12-22-50(44)61-52(45)33-40/h3-13,15-36,54H,14H2,1-2H3. The summed E-state index contributed by atoms with van der Waals surface area (Å²) in [6.45, 7) is 4.61. The molecule has 302 valence electrons. The van der Waals surface area contributed by atoms with Crippen molar-refractivity contribution in [3.05, 3.63) is 211 Å². The maximum atomic E-state index is 7.26. The number of hydrogen-bond donors (Lipinski definition) is 0. The van der Waals surface area contributed by atoms with E-state index in [1.54, 1.807) is 0 Å². The van der Waals surface area contributed by atoms with Gasteiger partial charge in [-0.3, -0.25) is 0 Å². The summed E-state index contributed by atoms with van der Waals surface area (Å²) in [4.78, 5) is 4.64. The number of nitrogens with zero attached hydrogens (tertiary/aromatic N) is 2. The Morgan fingerprint density at radius 3 is 1.89 bits per heavy atom. The minimum atomic E-state index is -0.405. The summed E-state index contributed by atoms with van der Waals surface area (Å²) in [5.41, 5.74) is 11.1. The van der Waals surface area contributed by atoms with Crippen LogP contribution in [0.15, 0.2) is 203 Å². The SMILES string of the molecule is CC1CC=Cc2oc3cc(N(C4=CC5Oc6c(c7ccccc7c7cc(N(c8ccccc8)c8ccc9c(c8)oc8ccccc89)ccc67)C5(C)C=C4)c4ccccc4)ccc3c21. The fourth-order valence-electron chi connectivity index (χ4n) is 10.6. The van der Waals surface area contributed by atoms with Gasteiger partial charge in [-0.25, -0.2) is 0 Å². The second-order valence-corrected chi connectivity index (χ2v) is 17.4. The van der Waals surface area contributed by atoms with Crippen molar-refractivity contribution in [2.45, 2.75) is 37.7 Å². The number of furan rings is 2. The van der Waals surface area contributed by atoms with Gasteiger partial charge in [0.15, 0.2) is 0 Å². The zero-order valence-electron chi connectivity index (χ0n) is 35.0. The highest BCUT2D eigenvalue weighted by Gasteiger charge is 2.47. The monoisotopic (exact) mass is 814 g/mol. The molecule has 13 rings (SSSR count). The van der Waals surface area contributed by atoms with Gasteiger partial charge in [0, 0.05) is 78.9 Å². The summed E-state index contributed by atoms with van der Waals surface area (Å²) in [6, 6.07) is 58.3. The molecule has 0 saturated carbocycles. The zero-order valence-corrected chi connectivity index (χ0v) is 35.0. The van der Waals surface area contributed by atoms with Crippen molar-refractivity contribution < 1.29 is 13.6 Å². The van der Waals surface area contributed by atoms with Gasteiger partial charge in [-0.15, -0.1) is 0 Å². The molecule has 3 atom stereocenters. The van der Waals surface area contributed by atoms with Crippen molar-refractivity contribution in [1.82, 2.24) is 0 Å². The van der Waals surface area contributed by atoms with Crippen molar-refractivity contribution in [1.29, 1.82) is 0 Å². The Bertz CT molecular complexity index is 3580.